The third-order valence-electron chi connectivity index (χ3n) is 3.55. The molecular formula is C15H20N2O3. The van der Waals surface area contributed by atoms with Crippen molar-refractivity contribution in [3.63, 3.8) is 0 Å². The highest BCUT2D eigenvalue weighted by Crippen LogP contribution is 2.26. The standard InChI is InChI=1S/C15H20N2O3/c1-17-9-3-4-11-10-12(6-7-13(11)17)15(20)16-8-2-5-14(18)19/h6-7,10H,2-5,8-9H2,1H3,(H,16,20)(H,18,19). The van der Waals surface area contributed by atoms with Gasteiger partial charge in [-0.05, 0) is 43.0 Å². The predicted molar refractivity (Wildman–Crippen MR) is 77.2 cm³/mol. The molecule has 0 radical (unpaired) electrons. The molecule has 20 heavy (non-hydrogen) atoms. The van der Waals surface area contributed by atoms with Crippen molar-refractivity contribution in [3.05, 3.63) is 29.3 Å². The van der Waals surface area contributed by atoms with E-state index in [0.29, 0.717) is 18.5 Å². The first-order valence-electron chi connectivity index (χ1n) is 6.92. The van der Waals surface area contributed by atoms with E-state index in [0.717, 1.165) is 19.4 Å². The van der Waals surface area contributed by atoms with Crippen molar-refractivity contribution in [2.24, 2.45) is 0 Å². The van der Waals surface area contributed by atoms with Gasteiger partial charge in [-0.3, -0.25) is 9.59 Å². The van der Waals surface area contributed by atoms with E-state index in [2.05, 4.69) is 17.3 Å². The minimum atomic E-state index is -0.837. The Morgan fingerprint density at radius 1 is 1.40 bits per heavy atom. The fraction of sp³-hybridized carbons (Fsp3) is 0.467. The van der Waals surface area contributed by atoms with Gasteiger partial charge in [0.25, 0.3) is 5.91 Å². The van der Waals surface area contributed by atoms with Crippen LogP contribution in [-0.2, 0) is 11.2 Å². The molecule has 2 rings (SSSR count). The maximum atomic E-state index is 12.0. The molecule has 0 unspecified atom stereocenters. The molecule has 1 aromatic carbocycles. The first-order chi connectivity index (χ1) is 9.58. The minimum absolute atomic E-state index is 0.0786. The normalized spacial score (nSPS) is 13.8. The van der Waals surface area contributed by atoms with E-state index in [1.807, 2.05) is 18.2 Å². The lowest BCUT2D eigenvalue weighted by Gasteiger charge is -2.27. The molecule has 1 heterocycles. The Labute approximate surface area is 118 Å². The molecule has 0 bridgehead atoms. The van der Waals surface area contributed by atoms with Crippen molar-refractivity contribution >= 4 is 17.6 Å². The van der Waals surface area contributed by atoms with E-state index in [4.69, 9.17) is 5.11 Å². The number of rotatable bonds is 5. The maximum Gasteiger partial charge on any atom is 0.303 e. The van der Waals surface area contributed by atoms with Crippen LogP contribution < -0.4 is 10.2 Å². The average Bonchev–Trinajstić information content (AvgIpc) is 2.43. The van der Waals surface area contributed by atoms with E-state index in [9.17, 15) is 9.59 Å². The number of carbonyl (C=O) groups excluding carboxylic acids is 1. The third kappa shape index (κ3) is 3.50. The van der Waals surface area contributed by atoms with Crippen LogP contribution in [-0.4, -0.2) is 37.1 Å². The van der Waals surface area contributed by atoms with Gasteiger partial charge in [0.2, 0.25) is 0 Å². The van der Waals surface area contributed by atoms with Gasteiger partial charge in [0.1, 0.15) is 0 Å². The van der Waals surface area contributed by atoms with Gasteiger partial charge in [0.15, 0.2) is 0 Å². The van der Waals surface area contributed by atoms with Crippen LogP contribution in [0.5, 0.6) is 0 Å². The van der Waals surface area contributed by atoms with Crippen molar-refractivity contribution in [1.29, 1.82) is 0 Å². The Hall–Kier alpha value is -2.04. The first-order valence-corrected chi connectivity index (χ1v) is 6.92. The highest BCUT2D eigenvalue weighted by Gasteiger charge is 2.15. The van der Waals surface area contributed by atoms with Gasteiger partial charge in [0, 0.05) is 37.8 Å². The molecule has 108 valence electrons. The fourth-order valence-corrected chi connectivity index (χ4v) is 2.47. The van der Waals surface area contributed by atoms with E-state index in [1.54, 1.807) is 0 Å². The van der Waals surface area contributed by atoms with Crippen molar-refractivity contribution in [3.8, 4) is 0 Å². The number of hydrogen-bond donors (Lipinski definition) is 2. The van der Waals surface area contributed by atoms with Crippen LogP contribution >= 0.6 is 0 Å². The zero-order valence-corrected chi connectivity index (χ0v) is 11.7. The van der Waals surface area contributed by atoms with Crippen molar-refractivity contribution in [1.82, 2.24) is 5.32 Å². The molecule has 1 aliphatic heterocycles. The van der Waals surface area contributed by atoms with Gasteiger partial charge >= 0.3 is 5.97 Å². The van der Waals surface area contributed by atoms with Crippen molar-refractivity contribution in [2.75, 3.05) is 25.0 Å². The van der Waals surface area contributed by atoms with E-state index >= 15 is 0 Å². The van der Waals surface area contributed by atoms with Gasteiger partial charge in [-0.2, -0.15) is 0 Å². The molecule has 0 spiro atoms. The lowest BCUT2D eigenvalue weighted by molar-refractivity contribution is -0.137. The Morgan fingerprint density at radius 3 is 2.95 bits per heavy atom. The SMILES string of the molecule is CN1CCCc2cc(C(=O)NCCCC(=O)O)ccc21. The molecule has 1 amide bonds. The summed E-state index contributed by atoms with van der Waals surface area (Å²) in [5.41, 5.74) is 3.05. The minimum Gasteiger partial charge on any atom is -0.481 e. The molecule has 5 heteroatoms. The average molecular weight is 276 g/mol. The number of hydrogen-bond acceptors (Lipinski definition) is 3. The predicted octanol–water partition coefficient (Wildman–Crippen LogP) is 1.66. The van der Waals surface area contributed by atoms with Gasteiger partial charge in [-0.15, -0.1) is 0 Å². The van der Waals surface area contributed by atoms with E-state index < -0.39 is 5.97 Å². The monoisotopic (exact) mass is 276 g/mol. The number of carboxylic acids is 1. The molecular weight excluding hydrogens is 256 g/mol. The largest absolute Gasteiger partial charge is 0.481 e. The number of carboxylic acid groups (broad SMARTS) is 1. The van der Waals surface area contributed by atoms with Crippen LogP contribution in [0, 0.1) is 0 Å². The summed E-state index contributed by atoms with van der Waals surface area (Å²) in [6.45, 7) is 1.44. The Bertz CT molecular complexity index is 514. The molecule has 0 atom stereocenters. The molecule has 5 nitrogen and oxygen atoms in total. The first kappa shape index (κ1) is 14.4. The number of aliphatic carboxylic acids is 1. The van der Waals surface area contributed by atoms with Crippen LogP contribution in [0.15, 0.2) is 18.2 Å². The summed E-state index contributed by atoms with van der Waals surface area (Å²) in [7, 11) is 2.06. The molecule has 2 N–H and O–H groups in total. The topological polar surface area (TPSA) is 69.6 Å². The highest BCUT2D eigenvalue weighted by atomic mass is 16.4. The third-order valence-corrected chi connectivity index (χ3v) is 3.55. The summed E-state index contributed by atoms with van der Waals surface area (Å²) in [6, 6.07) is 5.76. The molecule has 0 aliphatic carbocycles. The van der Waals surface area contributed by atoms with Crippen LogP contribution in [0.4, 0.5) is 5.69 Å². The van der Waals surface area contributed by atoms with Crippen molar-refractivity contribution < 1.29 is 14.7 Å². The van der Waals surface area contributed by atoms with Crippen LogP contribution in [0.1, 0.15) is 35.2 Å². The Kier molecular flexibility index (Phi) is 4.61. The highest BCUT2D eigenvalue weighted by molar-refractivity contribution is 5.95. The number of aryl methyl sites for hydroxylation is 1. The summed E-state index contributed by atoms with van der Waals surface area (Å²) in [6.07, 6.45) is 2.64. The number of carbonyl (C=O) groups is 2. The second kappa shape index (κ2) is 6.41. The fourth-order valence-electron chi connectivity index (χ4n) is 2.47. The quantitative estimate of drug-likeness (QED) is 0.803. The maximum absolute atomic E-state index is 12.0. The number of benzene rings is 1. The Morgan fingerprint density at radius 2 is 2.20 bits per heavy atom. The Balaban J connectivity index is 1.95. The molecule has 0 saturated heterocycles. The number of fused-ring (bicyclic) bond motifs is 1. The summed E-state index contributed by atoms with van der Waals surface area (Å²) in [5, 5.41) is 11.3. The molecule has 0 aromatic heterocycles. The summed E-state index contributed by atoms with van der Waals surface area (Å²) in [5.74, 6) is -0.970. The molecule has 0 fully saturated rings. The number of nitrogens with zero attached hydrogens (tertiary/aromatic N) is 1. The smallest absolute Gasteiger partial charge is 0.303 e. The lowest BCUT2D eigenvalue weighted by atomic mass is 9.99. The second-order valence-corrected chi connectivity index (χ2v) is 5.12. The number of anilines is 1. The molecule has 1 aromatic rings. The van der Waals surface area contributed by atoms with Crippen LogP contribution in [0.2, 0.25) is 0 Å². The van der Waals surface area contributed by atoms with Gasteiger partial charge < -0.3 is 15.3 Å². The van der Waals surface area contributed by atoms with Gasteiger partial charge in [-0.25, -0.2) is 0 Å². The zero-order valence-electron chi connectivity index (χ0n) is 11.7. The summed E-state index contributed by atoms with van der Waals surface area (Å²) in [4.78, 5) is 24.6. The molecule has 0 saturated carbocycles. The van der Waals surface area contributed by atoms with Crippen LogP contribution in [0.25, 0.3) is 0 Å². The van der Waals surface area contributed by atoms with Crippen molar-refractivity contribution in [2.45, 2.75) is 25.7 Å². The van der Waals surface area contributed by atoms with E-state index in [-0.39, 0.29) is 12.3 Å². The summed E-state index contributed by atoms with van der Waals surface area (Å²) >= 11 is 0. The van der Waals surface area contributed by atoms with E-state index in [1.165, 1.54) is 11.3 Å². The molecule has 1 aliphatic rings. The second-order valence-electron chi connectivity index (χ2n) is 5.12. The lowest BCUT2D eigenvalue weighted by Crippen LogP contribution is -2.27. The van der Waals surface area contributed by atoms with Gasteiger partial charge in [0.05, 0.1) is 0 Å². The number of nitrogens with one attached hydrogen (secondary N) is 1. The van der Waals surface area contributed by atoms with Gasteiger partial charge in [-0.1, -0.05) is 0 Å². The van der Waals surface area contributed by atoms with Crippen LogP contribution in [0.3, 0.4) is 0 Å². The zero-order chi connectivity index (χ0) is 14.5. The summed E-state index contributed by atoms with van der Waals surface area (Å²) < 4.78 is 0. The number of amides is 1.